The van der Waals surface area contributed by atoms with Crippen molar-refractivity contribution in [1.82, 2.24) is 9.88 Å². The lowest BCUT2D eigenvalue weighted by atomic mass is 10.1. The molecule has 4 rings (SSSR count). The van der Waals surface area contributed by atoms with Crippen LogP contribution in [0.15, 0.2) is 41.5 Å². The molecule has 0 aliphatic carbocycles. The Morgan fingerprint density at radius 3 is 2.52 bits per heavy atom. The summed E-state index contributed by atoms with van der Waals surface area (Å²) in [6, 6.07) is 12.5. The Morgan fingerprint density at radius 1 is 1.06 bits per heavy atom. The molecule has 33 heavy (non-hydrogen) atoms. The number of nitrogens with zero attached hydrogens (tertiary/aromatic N) is 5. The number of aromatic nitrogens is 1. The Bertz CT molecular complexity index is 939. The van der Waals surface area contributed by atoms with Crippen LogP contribution in [-0.4, -0.2) is 88.4 Å². The Balaban J connectivity index is 1.52. The highest BCUT2D eigenvalue weighted by atomic mass is 16.5. The van der Waals surface area contributed by atoms with Crippen molar-refractivity contribution in [2.45, 2.75) is 13.8 Å². The first-order chi connectivity index (χ1) is 16.1. The number of rotatable bonds is 8. The second-order valence-corrected chi connectivity index (χ2v) is 8.50. The molecule has 2 aromatic rings. The van der Waals surface area contributed by atoms with Crippen molar-refractivity contribution in [3.63, 3.8) is 0 Å². The van der Waals surface area contributed by atoms with Gasteiger partial charge in [0.05, 0.1) is 32.1 Å². The van der Waals surface area contributed by atoms with Crippen molar-refractivity contribution in [3.8, 4) is 5.88 Å². The topological polar surface area (TPSA) is 62.7 Å². The van der Waals surface area contributed by atoms with Crippen LogP contribution in [-0.2, 0) is 9.47 Å². The van der Waals surface area contributed by atoms with Crippen LogP contribution in [0.2, 0.25) is 0 Å². The number of morpholine rings is 2. The Labute approximate surface area is 196 Å². The summed E-state index contributed by atoms with van der Waals surface area (Å²) in [5, 5.41) is 6.64. The number of anilines is 2. The van der Waals surface area contributed by atoms with Crippen molar-refractivity contribution in [2.75, 3.05) is 82.7 Å². The summed E-state index contributed by atoms with van der Waals surface area (Å²) in [5.74, 6) is 1.38. The van der Waals surface area contributed by atoms with Crippen molar-refractivity contribution in [2.24, 2.45) is 5.10 Å². The van der Waals surface area contributed by atoms with Gasteiger partial charge in [-0.3, -0.25) is 9.91 Å². The van der Waals surface area contributed by atoms with E-state index in [2.05, 4.69) is 47.1 Å². The first-order valence-corrected chi connectivity index (χ1v) is 11.7. The number of hydrazone groups is 1. The average molecular weight is 454 g/mol. The van der Waals surface area contributed by atoms with Crippen LogP contribution in [0.4, 0.5) is 11.5 Å². The lowest BCUT2D eigenvalue weighted by Crippen LogP contribution is -2.38. The highest BCUT2D eigenvalue weighted by molar-refractivity contribution is 5.99. The lowest BCUT2D eigenvalue weighted by molar-refractivity contribution is 0.0320. The zero-order chi connectivity index (χ0) is 23.0. The van der Waals surface area contributed by atoms with Gasteiger partial charge in [0.1, 0.15) is 6.61 Å². The van der Waals surface area contributed by atoms with Crippen LogP contribution in [0.1, 0.15) is 18.1 Å². The van der Waals surface area contributed by atoms with Crippen LogP contribution in [0.25, 0.3) is 0 Å². The third-order valence-electron chi connectivity index (χ3n) is 5.98. The summed E-state index contributed by atoms with van der Waals surface area (Å²) < 4.78 is 17.1. The van der Waals surface area contributed by atoms with Gasteiger partial charge in [-0.1, -0.05) is 29.8 Å². The Kier molecular flexibility index (Phi) is 8.15. The molecule has 2 saturated heterocycles. The third kappa shape index (κ3) is 6.66. The molecule has 2 aliphatic heterocycles. The van der Waals surface area contributed by atoms with Gasteiger partial charge in [0.15, 0.2) is 5.82 Å². The van der Waals surface area contributed by atoms with Gasteiger partial charge < -0.3 is 19.1 Å². The maximum absolute atomic E-state index is 6.11. The number of ether oxygens (including phenoxy) is 3. The van der Waals surface area contributed by atoms with E-state index in [1.54, 1.807) is 0 Å². The molecular weight excluding hydrogens is 418 g/mol. The molecule has 1 aromatic heterocycles. The fourth-order valence-corrected chi connectivity index (χ4v) is 4.03. The molecule has 0 atom stereocenters. The van der Waals surface area contributed by atoms with Crippen LogP contribution in [0.5, 0.6) is 5.88 Å². The molecule has 0 radical (unpaired) electrons. The minimum absolute atomic E-state index is 0.592. The summed E-state index contributed by atoms with van der Waals surface area (Å²) in [6.45, 7) is 12.2. The Hall–Kier alpha value is -2.68. The first-order valence-electron chi connectivity index (χ1n) is 11.7. The molecule has 178 valence electrons. The van der Waals surface area contributed by atoms with Crippen molar-refractivity contribution in [3.05, 3.63) is 47.5 Å². The van der Waals surface area contributed by atoms with Crippen LogP contribution >= 0.6 is 0 Å². The van der Waals surface area contributed by atoms with Crippen LogP contribution in [0.3, 0.4) is 0 Å². The predicted molar refractivity (Wildman–Crippen MR) is 132 cm³/mol. The zero-order valence-electron chi connectivity index (χ0n) is 20.0. The molecule has 0 amide bonds. The van der Waals surface area contributed by atoms with Gasteiger partial charge in [0, 0.05) is 57.6 Å². The van der Waals surface area contributed by atoms with Crippen LogP contribution in [0, 0.1) is 6.92 Å². The summed E-state index contributed by atoms with van der Waals surface area (Å²) in [4.78, 5) is 9.44. The minimum atomic E-state index is 0.592. The van der Waals surface area contributed by atoms with E-state index in [0.29, 0.717) is 12.5 Å². The molecule has 0 saturated carbocycles. The SMILES string of the molecule is CC(=NN(C)c1cc(N2CCOCC2)cc(OCCN2CCOCC2)n1)c1cccc(C)c1. The summed E-state index contributed by atoms with van der Waals surface area (Å²) in [5.41, 5.74) is 4.34. The second-order valence-electron chi connectivity index (χ2n) is 8.50. The zero-order valence-corrected chi connectivity index (χ0v) is 20.0. The fraction of sp³-hybridized carbons (Fsp3) is 0.520. The van der Waals surface area contributed by atoms with E-state index in [9.17, 15) is 0 Å². The smallest absolute Gasteiger partial charge is 0.217 e. The number of hydrogen-bond donors (Lipinski definition) is 0. The number of pyridine rings is 1. The molecule has 0 spiro atoms. The summed E-state index contributed by atoms with van der Waals surface area (Å²) in [6.07, 6.45) is 0. The maximum atomic E-state index is 6.11. The predicted octanol–water partition coefficient (Wildman–Crippen LogP) is 2.80. The van der Waals surface area contributed by atoms with Gasteiger partial charge in [-0.05, 0) is 19.4 Å². The van der Waals surface area contributed by atoms with E-state index in [0.717, 1.165) is 81.9 Å². The van der Waals surface area contributed by atoms with E-state index in [-0.39, 0.29) is 0 Å². The molecule has 2 fully saturated rings. The largest absolute Gasteiger partial charge is 0.476 e. The summed E-state index contributed by atoms with van der Waals surface area (Å²) >= 11 is 0. The maximum Gasteiger partial charge on any atom is 0.217 e. The third-order valence-corrected chi connectivity index (χ3v) is 5.98. The van der Waals surface area contributed by atoms with Gasteiger partial charge in [0.2, 0.25) is 5.88 Å². The molecule has 0 N–H and O–H groups in total. The van der Waals surface area contributed by atoms with Crippen LogP contribution < -0.4 is 14.6 Å². The van der Waals surface area contributed by atoms with Gasteiger partial charge in [-0.15, -0.1) is 0 Å². The van der Waals surface area contributed by atoms with Crippen molar-refractivity contribution in [1.29, 1.82) is 0 Å². The quantitative estimate of drug-likeness (QED) is 0.450. The van der Waals surface area contributed by atoms with Crippen molar-refractivity contribution < 1.29 is 14.2 Å². The molecule has 3 heterocycles. The van der Waals surface area contributed by atoms with Crippen molar-refractivity contribution >= 4 is 17.2 Å². The number of aryl methyl sites for hydroxylation is 1. The molecule has 0 bridgehead atoms. The average Bonchev–Trinajstić information content (AvgIpc) is 2.85. The van der Waals surface area contributed by atoms with E-state index in [1.165, 1.54) is 5.56 Å². The molecular formula is C25H35N5O3. The van der Waals surface area contributed by atoms with Gasteiger partial charge in [-0.25, -0.2) is 0 Å². The first kappa shape index (κ1) is 23.5. The van der Waals surface area contributed by atoms with E-state index in [1.807, 2.05) is 25.0 Å². The number of hydrogen-bond acceptors (Lipinski definition) is 8. The Morgan fingerprint density at radius 2 is 1.79 bits per heavy atom. The van der Waals surface area contributed by atoms with Gasteiger partial charge >= 0.3 is 0 Å². The minimum Gasteiger partial charge on any atom is -0.476 e. The van der Waals surface area contributed by atoms with Gasteiger partial charge in [-0.2, -0.15) is 10.1 Å². The fourth-order valence-electron chi connectivity index (χ4n) is 4.03. The molecule has 2 aliphatic rings. The van der Waals surface area contributed by atoms with E-state index >= 15 is 0 Å². The molecule has 1 aromatic carbocycles. The lowest BCUT2D eigenvalue weighted by Gasteiger charge is -2.30. The van der Waals surface area contributed by atoms with Gasteiger partial charge in [0.25, 0.3) is 0 Å². The highest BCUT2D eigenvalue weighted by Crippen LogP contribution is 2.27. The second kappa shape index (κ2) is 11.4. The number of benzene rings is 1. The standard InChI is InChI=1S/C25H35N5O3/c1-20-5-4-6-22(17-20)21(2)27-28(3)24-18-23(30-10-14-32-15-11-30)19-25(26-24)33-16-9-29-7-12-31-13-8-29/h4-6,17-19H,7-16H2,1-3H3. The van der Waals surface area contributed by atoms with E-state index < -0.39 is 0 Å². The molecule has 8 heteroatoms. The monoisotopic (exact) mass is 453 g/mol. The highest BCUT2D eigenvalue weighted by Gasteiger charge is 2.16. The molecule has 0 unspecified atom stereocenters. The van der Waals surface area contributed by atoms with E-state index in [4.69, 9.17) is 24.3 Å². The summed E-state index contributed by atoms with van der Waals surface area (Å²) in [7, 11) is 1.93. The molecule has 8 nitrogen and oxygen atoms in total. The normalized spacial score (nSPS) is 17.8.